The molecule has 9 rings (SSSR count). The number of ether oxygens (including phenoxy) is 4. The Morgan fingerprint density at radius 1 is 0.312 bits per heavy atom. The molecule has 0 spiro atoms. The summed E-state index contributed by atoms with van der Waals surface area (Å²) in [5, 5.41) is 0. The largest absolute Gasteiger partial charge is 0.493 e. The maximum absolute atomic E-state index is 7.04. The van der Waals surface area contributed by atoms with Crippen molar-refractivity contribution in [2.45, 2.75) is 97.4 Å². The van der Waals surface area contributed by atoms with Gasteiger partial charge in [-0.15, -0.1) is 94.1 Å². The Bertz CT molecular complexity index is 1810. The molecular weight excluding hydrogens is 945 g/mol. The Hall–Kier alpha value is -1.12. The lowest BCUT2D eigenvalue weighted by Gasteiger charge is -2.26. The Kier molecular flexibility index (Phi) is 17.6. The first-order chi connectivity index (χ1) is 31.5. The summed E-state index contributed by atoms with van der Waals surface area (Å²) >= 11 is 16.7. The molecule has 4 aliphatic heterocycles. The van der Waals surface area contributed by atoms with Crippen LogP contribution in [0.5, 0.6) is 23.0 Å². The third kappa shape index (κ3) is 11.3. The third-order valence-corrected chi connectivity index (χ3v) is 24.4. The molecule has 344 valence electrons. The average molecular weight is 1010 g/mol. The van der Waals surface area contributed by atoms with Crippen molar-refractivity contribution in [1.29, 1.82) is 0 Å². The van der Waals surface area contributed by atoms with Crippen molar-refractivity contribution in [1.82, 2.24) is 0 Å². The lowest BCUT2D eigenvalue weighted by atomic mass is 9.88. The molecule has 4 nitrogen and oxygen atoms in total. The van der Waals surface area contributed by atoms with Gasteiger partial charge in [-0.3, -0.25) is 0 Å². The zero-order valence-corrected chi connectivity index (χ0v) is 44.5. The summed E-state index contributed by atoms with van der Waals surface area (Å²) in [5.41, 5.74) is 15.9. The lowest BCUT2D eigenvalue weighted by molar-refractivity contribution is 0.304. The SMILES string of the molecule is CCCOc1c2cc(C3SCCS3)cc1Cc1cc(C3SCCS3)cc(c1OCCC)Cc1cc(C3SCCS3)cc(c1OCCC)Cc1cc(C3SCCS3)cc(c1OCCC)C2. The van der Waals surface area contributed by atoms with Gasteiger partial charge >= 0.3 is 0 Å². The van der Waals surface area contributed by atoms with Gasteiger partial charge in [-0.2, -0.15) is 0 Å². The Morgan fingerprint density at radius 2 is 0.484 bits per heavy atom. The highest BCUT2D eigenvalue weighted by Gasteiger charge is 2.30. The van der Waals surface area contributed by atoms with Gasteiger partial charge in [0.25, 0.3) is 0 Å². The van der Waals surface area contributed by atoms with Crippen LogP contribution in [0.4, 0.5) is 0 Å². The van der Waals surface area contributed by atoms with Gasteiger partial charge in [0, 0.05) is 71.7 Å². The van der Waals surface area contributed by atoms with Gasteiger partial charge < -0.3 is 18.9 Å². The number of thioether (sulfide) groups is 8. The van der Waals surface area contributed by atoms with E-state index in [1.54, 1.807) is 0 Å². The van der Waals surface area contributed by atoms with E-state index >= 15 is 0 Å². The van der Waals surface area contributed by atoms with E-state index in [1.807, 2.05) is 0 Å². The van der Waals surface area contributed by atoms with Gasteiger partial charge in [0.1, 0.15) is 23.0 Å². The second-order valence-corrected chi connectivity index (χ2v) is 28.0. The minimum atomic E-state index is 0.410. The Labute approximate surface area is 417 Å². The second kappa shape index (κ2) is 23.5. The van der Waals surface area contributed by atoms with Gasteiger partial charge in [-0.25, -0.2) is 0 Å². The summed E-state index contributed by atoms with van der Waals surface area (Å²) < 4.78 is 29.8. The zero-order chi connectivity index (χ0) is 43.8. The van der Waals surface area contributed by atoms with Crippen LogP contribution in [0.2, 0.25) is 0 Å². The van der Waals surface area contributed by atoms with Crippen molar-refractivity contribution in [3.8, 4) is 23.0 Å². The predicted molar refractivity (Wildman–Crippen MR) is 291 cm³/mol. The molecule has 4 aromatic carbocycles. The monoisotopic (exact) mass is 1010 g/mol. The molecule has 64 heavy (non-hydrogen) atoms. The maximum atomic E-state index is 7.04. The molecule has 0 saturated carbocycles. The van der Waals surface area contributed by atoms with E-state index in [2.05, 4.69) is 170 Å². The van der Waals surface area contributed by atoms with Crippen molar-refractivity contribution in [3.05, 3.63) is 115 Å². The summed E-state index contributed by atoms with van der Waals surface area (Å²) in [6.07, 6.45) is 6.83. The lowest BCUT2D eigenvalue weighted by Crippen LogP contribution is -2.12. The van der Waals surface area contributed by atoms with E-state index in [1.165, 1.54) is 113 Å². The van der Waals surface area contributed by atoms with Crippen LogP contribution in [0.15, 0.2) is 48.5 Å². The van der Waals surface area contributed by atoms with Gasteiger partial charge in [-0.05, 0) is 141 Å². The van der Waals surface area contributed by atoms with Crippen LogP contribution < -0.4 is 18.9 Å². The molecule has 0 atom stereocenters. The van der Waals surface area contributed by atoms with Crippen LogP contribution >= 0.6 is 94.1 Å². The fourth-order valence-corrected chi connectivity index (χ4v) is 20.6. The minimum Gasteiger partial charge on any atom is -0.493 e. The van der Waals surface area contributed by atoms with Crippen molar-refractivity contribution in [3.63, 3.8) is 0 Å². The highest BCUT2D eigenvalue weighted by atomic mass is 32.2. The van der Waals surface area contributed by atoms with Gasteiger partial charge in [0.2, 0.25) is 0 Å². The number of rotatable bonds is 16. The molecule has 4 aromatic rings. The number of benzene rings is 4. The number of fused-ring (bicyclic) bond motifs is 8. The fraction of sp³-hybridized carbons (Fsp3) is 0.538. The molecule has 4 fully saturated rings. The van der Waals surface area contributed by atoms with E-state index in [-0.39, 0.29) is 0 Å². The van der Waals surface area contributed by atoms with E-state index in [9.17, 15) is 0 Å². The van der Waals surface area contributed by atoms with E-state index in [4.69, 9.17) is 18.9 Å². The first-order valence-electron chi connectivity index (χ1n) is 23.6. The Morgan fingerprint density at radius 3 is 0.641 bits per heavy atom. The number of hydrogen-bond donors (Lipinski definition) is 0. The molecule has 8 bridgehead atoms. The summed E-state index contributed by atoms with van der Waals surface area (Å²) in [4.78, 5) is 0. The van der Waals surface area contributed by atoms with Crippen LogP contribution in [-0.2, 0) is 25.7 Å². The molecule has 0 N–H and O–H groups in total. The quantitative estimate of drug-likeness (QED) is 0.0945. The van der Waals surface area contributed by atoms with E-state index < -0.39 is 0 Å². The van der Waals surface area contributed by atoms with Crippen LogP contribution in [-0.4, -0.2) is 72.5 Å². The minimum absolute atomic E-state index is 0.410. The molecule has 1 aliphatic carbocycles. The summed E-state index contributed by atoms with van der Waals surface area (Å²) in [7, 11) is 0. The molecule has 4 saturated heterocycles. The molecule has 0 aromatic heterocycles. The highest BCUT2D eigenvalue weighted by molar-refractivity contribution is 8.20. The third-order valence-electron chi connectivity index (χ3n) is 12.0. The summed E-state index contributed by atoms with van der Waals surface area (Å²) in [6.45, 7) is 11.6. The molecular formula is C52H64O4S8. The predicted octanol–water partition coefficient (Wildman–Crippen LogP) is 15.4. The molecule has 0 radical (unpaired) electrons. The molecule has 0 unspecified atom stereocenters. The Balaban J connectivity index is 1.34. The van der Waals surface area contributed by atoms with Crippen LogP contribution in [0.1, 0.15) is 138 Å². The smallest absolute Gasteiger partial charge is 0.126 e. The molecule has 0 amide bonds. The van der Waals surface area contributed by atoms with Gasteiger partial charge in [0.05, 0.1) is 44.8 Å². The molecule has 4 heterocycles. The van der Waals surface area contributed by atoms with E-state index in [0.29, 0.717) is 44.8 Å². The van der Waals surface area contributed by atoms with Crippen molar-refractivity contribution >= 4 is 94.1 Å². The fourth-order valence-electron chi connectivity index (χ4n) is 9.30. The van der Waals surface area contributed by atoms with Crippen molar-refractivity contribution in [2.75, 3.05) is 72.5 Å². The number of hydrogen-bond acceptors (Lipinski definition) is 12. The van der Waals surface area contributed by atoms with Crippen molar-refractivity contribution < 1.29 is 18.9 Å². The zero-order valence-electron chi connectivity index (χ0n) is 38.0. The van der Waals surface area contributed by atoms with Crippen LogP contribution in [0, 0.1) is 0 Å². The van der Waals surface area contributed by atoms with Gasteiger partial charge in [-0.1, -0.05) is 27.7 Å². The van der Waals surface area contributed by atoms with Crippen LogP contribution in [0.3, 0.4) is 0 Å². The first-order valence-corrected chi connectivity index (χ1v) is 32.0. The van der Waals surface area contributed by atoms with Gasteiger partial charge in [0.15, 0.2) is 0 Å². The first kappa shape index (κ1) is 47.9. The topological polar surface area (TPSA) is 36.9 Å². The highest BCUT2D eigenvalue weighted by Crippen LogP contribution is 2.53. The van der Waals surface area contributed by atoms with Crippen LogP contribution in [0.25, 0.3) is 0 Å². The molecule has 12 heteroatoms. The standard InChI is InChI=1S/C52H64O4S8/c1-5-9-53-45-33-21-35-27-42(50-59-15-16-60-50)29-37(46(35)54-10-6-2)23-39-31-44(52-63-19-20-64-52)32-40(48(39)56-12-8-4)24-38-30-43(51-61-17-18-62-51)28-36(47(38)55-11-7-3)22-34(45)26-41(25-33)49-57-13-14-58-49/h25-32,49-52H,5-24H2,1-4H3. The van der Waals surface area contributed by atoms with E-state index in [0.717, 1.165) is 74.4 Å². The van der Waals surface area contributed by atoms with Crippen molar-refractivity contribution in [2.24, 2.45) is 0 Å². The maximum Gasteiger partial charge on any atom is 0.126 e. The second-order valence-electron chi connectivity index (χ2n) is 17.1. The molecule has 5 aliphatic rings. The normalized spacial score (nSPS) is 18.6. The average Bonchev–Trinajstić information content (AvgIpc) is 4.17. The summed E-state index contributed by atoms with van der Waals surface area (Å²) in [6, 6.07) is 20.1. The summed E-state index contributed by atoms with van der Waals surface area (Å²) in [5.74, 6) is 13.7.